The van der Waals surface area contributed by atoms with Crippen LogP contribution >= 0.6 is 0 Å². The minimum absolute atomic E-state index is 0.00434. The lowest BCUT2D eigenvalue weighted by Crippen LogP contribution is -2.51. The molecule has 37 heavy (non-hydrogen) atoms. The van der Waals surface area contributed by atoms with Gasteiger partial charge in [-0.2, -0.15) is 0 Å². The number of amides is 2. The van der Waals surface area contributed by atoms with Crippen molar-refractivity contribution in [3.05, 3.63) is 53.6 Å². The van der Waals surface area contributed by atoms with Crippen LogP contribution in [-0.4, -0.2) is 68.5 Å². The Bertz CT molecular complexity index is 1150. The normalized spacial score (nSPS) is 24.9. The van der Waals surface area contributed by atoms with E-state index in [9.17, 15) is 14.7 Å². The SMILES string of the molecule is CC(C)NC(=O)c1ccc(-c2ccc(CN3C[C@H](O)CC34CCN(C3CCCCC3)C4=O)cc2F)cn1. The van der Waals surface area contributed by atoms with E-state index in [1.165, 1.54) is 31.5 Å². The fourth-order valence-electron chi connectivity index (χ4n) is 6.37. The molecule has 0 bridgehead atoms. The van der Waals surface area contributed by atoms with Crippen molar-refractivity contribution in [3.63, 3.8) is 0 Å². The number of aliphatic hydroxyl groups is 1. The molecule has 1 aromatic carbocycles. The maximum absolute atomic E-state index is 15.2. The number of nitrogens with one attached hydrogen (secondary N) is 1. The molecule has 2 amide bonds. The molecule has 3 heterocycles. The Morgan fingerprint density at radius 2 is 2.00 bits per heavy atom. The maximum atomic E-state index is 15.2. The topological polar surface area (TPSA) is 85.8 Å². The fourth-order valence-corrected chi connectivity index (χ4v) is 6.37. The van der Waals surface area contributed by atoms with Crippen LogP contribution in [0.25, 0.3) is 11.1 Å². The summed E-state index contributed by atoms with van der Waals surface area (Å²) in [5.74, 6) is -0.502. The Balaban J connectivity index is 1.31. The smallest absolute Gasteiger partial charge is 0.270 e. The number of β-amino-alcohol motifs (C(OH)–C–C–N with tert-alkyl or cyclic N) is 1. The number of halogens is 1. The highest BCUT2D eigenvalue weighted by Gasteiger charge is 2.56. The molecule has 0 radical (unpaired) electrons. The first kappa shape index (κ1) is 25.8. The van der Waals surface area contributed by atoms with Gasteiger partial charge in [0.05, 0.1) is 6.10 Å². The molecule has 198 valence electrons. The molecule has 7 nitrogen and oxygen atoms in total. The van der Waals surface area contributed by atoms with E-state index in [0.717, 1.165) is 24.9 Å². The van der Waals surface area contributed by atoms with Gasteiger partial charge in [-0.1, -0.05) is 37.5 Å². The average molecular weight is 509 g/mol. The second-order valence-corrected chi connectivity index (χ2v) is 11.2. The minimum atomic E-state index is -0.692. The molecule has 2 N–H and O–H groups in total. The summed E-state index contributed by atoms with van der Waals surface area (Å²) >= 11 is 0. The number of hydrogen-bond acceptors (Lipinski definition) is 5. The van der Waals surface area contributed by atoms with Gasteiger partial charge in [0, 0.05) is 55.5 Å². The van der Waals surface area contributed by atoms with Crippen molar-refractivity contribution < 1.29 is 19.1 Å². The standard InChI is InChI=1S/C29H37FN4O3/c1-19(2)32-27(36)26-11-9-21(16-31-26)24-10-8-20(14-25(24)30)17-33-18-23(35)15-29(33)12-13-34(28(29)37)22-6-4-3-5-7-22/h8-11,14,16,19,22-23,35H,3-7,12-13,15,17-18H2,1-2H3,(H,32,36)/t23-,29?/m1/s1. The maximum Gasteiger partial charge on any atom is 0.270 e. The number of rotatable bonds is 6. The van der Waals surface area contributed by atoms with E-state index >= 15 is 4.39 Å². The van der Waals surface area contributed by atoms with Crippen molar-refractivity contribution in [2.75, 3.05) is 13.1 Å². The van der Waals surface area contributed by atoms with Crippen LogP contribution in [0.4, 0.5) is 4.39 Å². The van der Waals surface area contributed by atoms with E-state index in [0.29, 0.717) is 43.1 Å². The van der Waals surface area contributed by atoms with Crippen LogP contribution < -0.4 is 5.32 Å². The van der Waals surface area contributed by atoms with Crippen LogP contribution in [0.15, 0.2) is 36.5 Å². The number of aromatic nitrogens is 1. The van der Waals surface area contributed by atoms with Gasteiger partial charge in [0.1, 0.15) is 17.1 Å². The first-order chi connectivity index (χ1) is 17.8. The molecule has 1 aromatic heterocycles. The fraction of sp³-hybridized carbons (Fsp3) is 0.552. The largest absolute Gasteiger partial charge is 0.392 e. The second kappa shape index (κ2) is 10.5. The lowest BCUT2D eigenvalue weighted by molar-refractivity contribution is -0.139. The first-order valence-electron chi connectivity index (χ1n) is 13.6. The van der Waals surface area contributed by atoms with Crippen molar-refractivity contribution >= 4 is 11.8 Å². The van der Waals surface area contributed by atoms with Gasteiger partial charge in [0.25, 0.3) is 5.91 Å². The van der Waals surface area contributed by atoms with Gasteiger partial charge >= 0.3 is 0 Å². The number of likely N-dealkylation sites (tertiary alicyclic amines) is 2. The molecule has 2 aromatic rings. The Labute approximate surface area is 218 Å². The second-order valence-electron chi connectivity index (χ2n) is 11.2. The van der Waals surface area contributed by atoms with Crippen LogP contribution in [0.1, 0.15) is 74.8 Å². The molecule has 1 saturated carbocycles. The number of benzene rings is 1. The van der Waals surface area contributed by atoms with Crippen molar-refractivity contribution in [3.8, 4) is 11.1 Å². The highest BCUT2D eigenvalue weighted by Crippen LogP contribution is 2.42. The molecule has 2 saturated heterocycles. The molecule has 2 aliphatic heterocycles. The molecular weight excluding hydrogens is 471 g/mol. The van der Waals surface area contributed by atoms with Gasteiger partial charge in [0.15, 0.2) is 0 Å². The van der Waals surface area contributed by atoms with E-state index in [2.05, 4.69) is 20.1 Å². The highest BCUT2D eigenvalue weighted by atomic mass is 19.1. The number of pyridine rings is 1. The number of carbonyl (C=O) groups is 2. The molecule has 2 atom stereocenters. The lowest BCUT2D eigenvalue weighted by Gasteiger charge is -2.36. The lowest BCUT2D eigenvalue weighted by atomic mass is 9.91. The van der Waals surface area contributed by atoms with Crippen LogP contribution in [0.2, 0.25) is 0 Å². The molecule has 8 heteroatoms. The molecule has 1 unspecified atom stereocenters. The third-order valence-corrected chi connectivity index (χ3v) is 8.18. The number of carbonyl (C=O) groups excluding carboxylic acids is 2. The molecule has 5 rings (SSSR count). The third kappa shape index (κ3) is 5.14. The highest BCUT2D eigenvalue weighted by molar-refractivity contribution is 5.92. The summed E-state index contributed by atoms with van der Waals surface area (Å²) in [6, 6.07) is 8.71. The van der Waals surface area contributed by atoms with Gasteiger partial charge < -0.3 is 15.3 Å². The monoisotopic (exact) mass is 508 g/mol. The van der Waals surface area contributed by atoms with Crippen LogP contribution in [0, 0.1) is 5.82 Å². The summed E-state index contributed by atoms with van der Waals surface area (Å²) in [5, 5.41) is 13.3. The summed E-state index contributed by atoms with van der Waals surface area (Å²) in [6.45, 7) is 5.31. The number of aliphatic hydroxyl groups excluding tert-OH is 1. The molecular formula is C29H37FN4O3. The summed E-state index contributed by atoms with van der Waals surface area (Å²) in [5.41, 5.74) is 1.36. The summed E-state index contributed by atoms with van der Waals surface area (Å²) in [7, 11) is 0. The predicted molar refractivity (Wildman–Crippen MR) is 139 cm³/mol. The van der Waals surface area contributed by atoms with E-state index in [-0.39, 0.29) is 29.4 Å². The zero-order chi connectivity index (χ0) is 26.2. The van der Waals surface area contributed by atoms with Crippen molar-refractivity contribution in [2.24, 2.45) is 0 Å². The van der Waals surface area contributed by atoms with Crippen molar-refractivity contribution in [1.29, 1.82) is 0 Å². The van der Waals surface area contributed by atoms with Gasteiger partial charge in [-0.05, 0) is 50.8 Å². The zero-order valence-electron chi connectivity index (χ0n) is 21.8. The van der Waals surface area contributed by atoms with Gasteiger partial charge in [-0.15, -0.1) is 0 Å². The average Bonchev–Trinajstić information content (AvgIpc) is 3.37. The van der Waals surface area contributed by atoms with E-state index in [1.807, 2.05) is 19.9 Å². The van der Waals surface area contributed by atoms with Gasteiger partial charge in [-0.3, -0.25) is 19.5 Å². The Hall–Kier alpha value is -2.84. The number of hydrogen-bond donors (Lipinski definition) is 2. The Morgan fingerprint density at radius 1 is 1.22 bits per heavy atom. The zero-order valence-corrected chi connectivity index (χ0v) is 21.8. The Morgan fingerprint density at radius 3 is 2.68 bits per heavy atom. The minimum Gasteiger partial charge on any atom is -0.392 e. The number of nitrogens with zero attached hydrogens (tertiary/aromatic N) is 3. The predicted octanol–water partition coefficient (Wildman–Crippen LogP) is 3.90. The molecule has 1 spiro atoms. The third-order valence-electron chi connectivity index (χ3n) is 8.18. The molecule has 1 aliphatic carbocycles. The van der Waals surface area contributed by atoms with E-state index < -0.39 is 11.6 Å². The van der Waals surface area contributed by atoms with Crippen LogP contribution in [-0.2, 0) is 11.3 Å². The van der Waals surface area contributed by atoms with Gasteiger partial charge in [-0.25, -0.2) is 4.39 Å². The summed E-state index contributed by atoms with van der Waals surface area (Å²) < 4.78 is 15.2. The Kier molecular flexibility index (Phi) is 7.32. The van der Waals surface area contributed by atoms with Crippen LogP contribution in [0.5, 0.6) is 0 Å². The van der Waals surface area contributed by atoms with Crippen molar-refractivity contribution in [2.45, 2.75) is 89.1 Å². The van der Waals surface area contributed by atoms with Crippen molar-refractivity contribution in [1.82, 2.24) is 20.1 Å². The van der Waals surface area contributed by atoms with E-state index in [4.69, 9.17) is 0 Å². The molecule has 3 fully saturated rings. The van der Waals surface area contributed by atoms with Crippen LogP contribution in [0.3, 0.4) is 0 Å². The summed E-state index contributed by atoms with van der Waals surface area (Å²) in [6.07, 6.45) is 7.81. The first-order valence-corrected chi connectivity index (χ1v) is 13.6. The summed E-state index contributed by atoms with van der Waals surface area (Å²) in [4.78, 5) is 34.2. The van der Waals surface area contributed by atoms with E-state index in [1.54, 1.807) is 18.2 Å². The van der Waals surface area contributed by atoms with Gasteiger partial charge in [0.2, 0.25) is 5.91 Å². The molecule has 3 aliphatic rings. The quantitative estimate of drug-likeness (QED) is 0.618.